The summed E-state index contributed by atoms with van der Waals surface area (Å²) in [6, 6.07) is 0. The zero-order chi connectivity index (χ0) is 23.3. The topological polar surface area (TPSA) is 107 Å². The normalized spacial score (nSPS) is 20.6. The third-order valence-electron chi connectivity index (χ3n) is 4.66. The van der Waals surface area contributed by atoms with Crippen LogP contribution in [0.15, 0.2) is 48.1 Å². The number of carbonyl (C=O) groups is 4. The fourth-order valence-corrected chi connectivity index (χ4v) is 3.22. The average molecular weight is 433 g/mol. The van der Waals surface area contributed by atoms with Gasteiger partial charge in [-0.15, -0.1) is 0 Å². The minimum absolute atomic E-state index is 0.108. The van der Waals surface area contributed by atoms with E-state index in [1.54, 1.807) is 6.08 Å². The maximum Gasteiger partial charge on any atom is 0.303 e. The summed E-state index contributed by atoms with van der Waals surface area (Å²) in [6.07, 6.45) is 15.2. The number of hydrogen-bond acceptors (Lipinski definition) is 6. The molecule has 0 aromatic carbocycles. The van der Waals surface area contributed by atoms with Crippen molar-refractivity contribution in [2.45, 2.75) is 77.4 Å². The molecular weight excluding hydrogens is 400 g/mol. The molecule has 1 rings (SSSR count). The third kappa shape index (κ3) is 9.59. The van der Waals surface area contributed by atoms with E-state index in [1.807, 2.05) is 12.2 Å². The highest BCUT2D eigenvalue weighted by Gasteiger charge is 2.41. The zero-order valence-electron chi connectivity index (χ0n) is 18.5. The number of ketones is 1. The van der Waals surface area contributed by atoms with Gasteiger partial charge in [-0.2, -0.15) is 0 Å². The highest BCUT2D eigenvalue weighted by atomic mass is 16.6. The van der Waals surface area contributed by atoms with Gasteiger partial charge in [-0.25, -0.2) is 0 Å². The molecule has 1 aliphatic carbocycles. The van der Waals surface area contributed by atoms with E-state index in [-0.39, 0.29) is 24.2 Å². The second kappa shape index (κ2) is 13.4. The maximum atomic E-state index is 12.4. The number of carboxylic acid groups (broad SMARTS) is 1. The van der Waals surface area contributed by atoms with Crippen LogP contribution in [0.1, 0.15) is 65.7 Å². The fourth-order valence-electron chi connectivity index (χ4n) is 3.22. The second-order valence-corrected chi connectivity index (χ2v) is 7.40. The lowest BCUT2D eigenvalue weighted by atomic mass is 9.91. The molecule has 7 nitrogen and oxygen atoms in total. The lowest BCUT2D eigenvalue weighted by Gasteiger charge is -2.27. The highest BCUT2D eigenvalue weighted by molar-refractivity contribution is 6.09. The molecule has 0 spiro atoms. The predicted octanol–water partition coefficient (Wildman–Crippen LogP) is 4.23. The molecule has 0 fully saturated rings. The van der Waals surface area contributed by atoms with Crippen LogP contribution < -0.4 is 0 Å². The Labute approximate surface area is 183 Å². The lowest BCUT2D eigenvalue weighted by Crippen LogP contribution is -2.33. The molecule has 0 amide bonds. The van der Waals surface area contributed by atoms with Gasteiger partial charge in [0.1, 0.15) is 6.10 Å². The van der Waals surface area contributed by atoms with Gasteiger partial charge >= 0.3 is 17.9 Å². The Morgan fingerprint density at radius 2 is 1.90 bits per heavy atom. The number of hydrogen-bond donors (Lipinski definition) is 1. The number of aliphatic carboxylic acids is 1. The molecule has 0 aromatic heterocycles. The highest BCUT2D eigenvalue weighted by Crippen LogP contribution is 2.34. The van der Waals surface area contributed by atoms with Crippen LogP contribution in [0, 0.1) is 0 Å². The van der Waals surface area contributed by atoms with Crippen molar-refractivity contribution in [1.29, 1.82) is 0 Å². The summed E-state index contributed by atoms with van der Waals surface area (Å²) in [6.45, 7) is 4.66. The van der Waals surface area contributed by atoms with Crippen LogP contribution in [0.25, 0.3) is 0 Å². The third-order valence-corrected chi connectivity index (χ3v) is 4.66. The molecule has 0 heterocycles. The number of unbranched alkanes of at least 4 members (excludes halogenated alkanes) is 3. The number of ether oxygens (including phenoxy) is 2. The van der Waals surface area contributed by atoms with Crippen molar-refractivity contribution in [3.63, 3.8) is 0 Å². The lowest BCUT2D eigenvalue weighted by molar-refractivity contribution is -0.149. The summed E-state index contributed by atoms with van der Waals surface area (Å²) in [5, 5.41) is 8.85. The van der Waals surface area contributed by atoms with Gasteiger partial charge in [0.15, 0.2) is 11.4 Å². The Morgan fingerprint density at radius 1 is 1.16 bits per heavy atom. The quantitative estimate of drug-likeness (QED) is 0.201. The Bertz CT molecular complexity index is 773. The number of carbonyl (C=O) groups excluding carboxylic acids is 3. The first-order valence-electron chi connectivity index (χ1n) is 10.6. The molecule has 0 bridgehead atoms. The van der Waals surface area contributed by atoms with E-state index >= 15 is 0 Å². The van der Waals surface area contributed by atoms with E-state index in [0.717, 1.165) is 25.7 Å². The Morgan fingerprint density at radius 3 is 2.52 bits per heavy atom. The Kier molecular flexibility index (Phi) is 11.2. The molecule has 1 aliphatic rings. The molecule has 0 saturated heterocycles. The van der Waals surface area contributed by atoms with Gasteiger partial charge in [-0.05, 0) is 37.5 Å². The van der Waals surface area contributed by atoms with Crippen molar-refractivity contribution in [3.05, 3.63) is 48.1 Å². The van der Waals surface area contributed by atoms with E-state index in [2.05, 4.69) is 6.92 Å². The van der Waals surface area contributed by atoms with Gasteiger partial charge in [0.2, 0.25) is 0 Å². The SMILES string of the molecule is CCCCC/C=C\C[C@]1(OC(C)=O)C=CC(=O)/C1=C/C=C/[C@@H](CCC(=O)O)OC(C)=O. The number of rotatable bonds is 13. The molecule has 0 aliphatic heterocycles. The molecule has 1 N–H and O–H groups in total. The van der Waals surface area contributed by atoms with Gasteiger partial charge in [-0.3, -0.25) is 19.2 Å². The van der Waals surface area contributed by atoms with Crippen molar-refractivity contribution in [3.8, 4) is 0 Å². The van der Waals surface area contributed by atoms with Crippen LogP contribution in [0.3, 0.4) is 0 Å². The number of carboxylic acids is 1. The van der Waals surface area contributed by atoms with Gasteiger partial charge in [0.25, 0.3) is 0 Å². The van der Waals surface area contributed by atoms with Crippen LogP contribution in [0.2, 0.25) is 0 Å². The van der Waals surface area contributed by atoms with Crippen molar-refractivity contribution in [1.82, 2.24) is 0 Å². The molecule has 0 saturated carbocycles. The fraction of sp³-hybridized carbons (Fsp3) is 0.500. The predicted molar refractivity (Wildman–Crippen MR) is 116 cm³/mol. The summed E-state index contributed by atoms with van der Waals surface area (Å²) in [5.74, 6) is -2.32. The summed E-state index contributed by atoms with van der Waals surface area (Å²) < 4.78 is 10.7. The van der Waals surface area contributed by atoms with Crippen molar-refractivity contribution < 1.29 is 33.8 Å². The summed E-state index contributed by atoms with van der Waals surface area (Å²) in [5.41, 5.74) is -0.899. The van der Waals surface area contributed by atoms with Gasteiger partial charge < -0.3 is 14.6 Å². The Balaban J connectivity index is 3.03. The molecule has 0 aromatic rings. The van der Waals surface area contributed by atoms with Crippen LogP contribution in [-0.4, -0.2) is 40.5 Å². The zero-order valence-corrected chi connectivity index (χ0v) is 18.5. The molecule has 0 unspecified atom stereocenters. The van der Waals surface area contributed by atoms with Crippen molar-refractivity contribution in [2.75, 3.05) is 0 Å². The smallest absolute Gasteiger partial charge is 0.303 e. The molecule has 0 radical (unpaired) electrons. The summed E-state index contributed by atoms with van der Waals surface area (Å²) in [7, 11) is 0. The molecular formula is C24H32O7. The molecule has 7 heteroatoms. The second-order valence-electron chi connectivity index (χ2n) is 7.40. The van der Waals surface area contributed by atoms with Gasteiger partial charge in [0, 0.05) is 32.3 Å². The summed E-state index contributed by atoms with van der Waals surface area (Å²) in [4.78, 5) is 46.2. The number of allylic oxidation sites excluding steroid dienone is 4. The number of esters is 2. The van der Waals surface area contributed by atoms with E-state index in [0.29, 0.717) is 6.42 Å². The van der Waals surface area contributed by atoms with Gasteiger partial charge in [-0.1, -0.05) is 44.1 Å². The maximum absolute atomic E-state index is 12.4. The van der Waals surface area contributed by atoms with Crippen molar-refractivity contribution in [2.24, 2.45) is 0 Å². The van der Waals surface area contributed by atoms with E-state index < -0.39 is 29.6 Å². The van der Waals surface area contributed by atoms with E-state index in [9.17, 15) is 19.2 Å². The Hall–Kier alpha value is -2.96. The minimum atomic E-state index is -1.19. The van der Waals surface area contributed by atoms with Crippen LogP contribution in [-0.2, 0) is 28.7 Å². The van der Waals surface area contributed by atoms with Crippen LogP contribution in [0.5, 0.6) is 0 Å². The van der Waals surface area contributed by atoms with Crippen LogP contribution >= 0.6 is 0 Å². The van der Waals surface area contributed by atoms with E-state index in [1.165, 1.54) is 38.2 Å². The van der Waals surface area contributed by atoms with Gasteiger partial charge in [0.05, 0.1) is 0 Å². The first-order valence-corrected chi connectivity index (χ1v) is 10.6. The summed E-state index contributed by atoms with van der Waals surface area (Å²) >= 11 is 0. The molecule has 2 atom stereocenters. The molecule has 31 heavy (non-hydrogen) atoms. The average Bonchev–Trinajstić information content (AvgIpc) is 2.97. The monoisotopic (exact) mass is 432 g/mol. The first kappa shape index (κ1) is 26.1. The largest absolute Gasteiger partial charge is 0.481 e. The van der Waals surface area contributed by atoms with Crippen molar-refractivity contribution >= 4 is 23.7 Å². The first-order chi connectivity index (χ1) is 14.7. The minimum Gasteiger partial charge on any atom is -0.481 e. The standard InChI is InChI=1S/C24H32O7/c1-4-5-6-7-8-9-16-24(31-19(3)26)17-15-22(27)21(24)12-10-11-20(30-18(2)25)13-14-23(28)29/h8-12,15,17,20H,4-7,13-14,16H2,1-3H3,(H,28,29)/b9-8-,11-10+,21-12-/t20-,24-/m0/s1. The van der Waals surface area contributed by atoms with E-state index in [4.69, 9.17) is 14.6 Å². The molecule has 170 valence electrons. The van der Waals surface area contributed by atoms with Crippen LogP contribution in [0.4, 0.5) is 0 Å².